The van der Waals surface area contributed by atoms with E-state index in [1.54, 1.807) is 0 Å². The molecule has 0 atom stereocenters. The van der Waals surface area contributed by atoms with E-state index < -0.39 is 0 Å². The van der Waals surface area contributed by atoms with Crippen molar-refractivity contribution in [1.82, 2.24) is 0 Å². The Morgan fingerprint density at radius 1 is 1.00 bits per heavy atom. The lowest BCUT2D eigenvalue weighted by Gasteiger charge is -1.97. The molecular formula is C14H23Cl. The van der Waals surface area contributed by atoms with Crippen LogP contribution in [0.2, 0.25) is 0 Å². The van der Waals surface area contributed by atoms with Gasteiger partial charge in [0.25, 0.3) is 0 Å². The third kappa shape index (κ3) is 13.6. The highest BCUT2D eigenvalue weighted by Gasteiger charge is 1.89. The van der Waals surface area contributed by atoms with Crippen LogP contribution in [-0.2, 0) is 0 Å². The van der Waals surface area contributed by atoms with Crippen molar-refractivity contribution in [2.75, 3.05) is 5.88 Å². The number of hydrogen-bond donors (Lipinski definition) is 0. The second-order valence-corrected chi connectivity index (χ2v) is 4.07. The Morgan fingerprint density at radius 2 is 1.67 bits per heavy atom. The quantitative estimate of drug-likeness (QED) is 0.313. The summed E-state index contributed by atoms with van der Waals surface area (Å²) in [6.45, 7) is 2.12. The molecule has 0 saturated heterocycles. The van der Waals surface area contributed by atoms with Crippen LogP contribution in [0.3, 0.4) is 0 Å². The fourth-order valence-corrected chi connectivity index (χ4v) is 1.51. The largest absolute Gasteiger partial charge is 0.127 e. The maximum atomic E-state index is 5.60. The molecule has 0 saturated carbocycles. The number of alkyl halides is 1. The molecule has 0 unspecified atom stereocenters. The van der Waals surface area contributed by atoms with E-state index in [1.165, 1.54) is 38.5 Å². The number of rotatable bonds is 8. The molecule has 0 aliphatic heterocycles. The first-order valence-electron chi connectivity index (χ1n) is 6.11. The lowest BCUT2D eigenvalue weighted by Crippen LogP contribution is -1.80. The molecule has 0 nitrogen and oxygen atoms in total. The lowest BCUT2D eigenvalue weighted by molar-refractivity contribution is 0.615. The molecule has 0 aromatic rings. The first-order valence-corrected chi connectivity index (χ1v) is 6.64. The number of unbranched alkanes of at least 4 members (excludes halogenated alkanes) is 6. The SMILES string of the molecule is CCC=CC#CCCCCCCCCCl. The topological polar surface area (TPSA) is 0 Å². The molecular weight excluding hydrogens is 204 g/mol. The molecule has 0 aliphatic carbocycles. The minimum absolute atomic E-state index is 0.815. The lowest BCUT2D eigenvalue weighted by atomic mass is 10.1. The summed E-state index contributed by atoms with van der Waals surface area (Å²) in [5.74, 6) is 7.03. The molecule has 86 valence electrons. The van der Waals surface area contributed by atoms with Gasteiger partial charge in [0, 0.05) is 12.3 Å². The second-order valence-electron chi connectivity index (χ2n) is 3.69. The van der Waals surface area contributed by atoms with Crippen LogP contribution in [0.25, 0.3) is 0 Å². The Labute approximate surface area is 100 Å². The predicted molar refractivity (Wildman–Crippen MR) is 70.2 cm³/mol. The fourth-order valence-electron chi connectivity index (χ4n) is 1.32. The Bertz CT molecular complexity index is 195. The van der Waals surface area contributed by atoms with E-state index in [9.17, 15) is 0 Å². The molecule has 0 aliphatic rings. The van der Waals surface area contributed by atoms with E-state index in [-0.39, 0.29) is 0 Å². The third-order valence-electron chi connectivity index (χ3n) is 2.22. The van der Waals surface area contributed by atoms with E-state index in [1.807, 2.05) is 6.08 Å². The molecule has 0 N–H and O–H groups in total. The van der Waals surface area contributed by atoms with Gasteiger partial charge in [0.05, 0.1) is 0 Å². The van der Waals surface area contributed by atoms with Gasteiger partial charge < -0.3 is 0 Å². The molecule has 0 amide bonds. The van der Waals surface area contributed by atoms with Crippen molar-refractivity contribution in [3.05, 3.63) is 12.2 Å². The predicted octanol–water partition coefficient (Wildman–Crippen LogP) is 4.93. The van der Waals surface area contributed by atoms with Gasteiger partial charge in [0.1, 0.15) is 0 Å². The van der Waals surface area contributed by atoms with Crippen LogP contribution < -0.4 is 0 Å². The first kappa shape index (κ1) is 14.6. The van der Waals surface area contributed by atoms with Gasteiger partial charge in [-0.05, 0) is 25.3 Å². The van der Waals surface area contributed by atoms with E-state index >= 15 is 0 Å². The number of hydrogen-bond acceptors (Lipinski definition) is 0. The van der Waals surface area contributed by atoms with Crippen molar-refractivity contribution in [1.29, 1.82) is 0 Å². The molecule has 0 aromatic heterocycles. The van der Waals surface area contributed by atoms with Crippen molar-refractivity contribution in [3.63, 3.8) is 0 Å². The summed E-state index contributed by atoms with van der Waals surface area (Å²) in [6.07, 6.45) is 13.9. The number of halogens is 1. The Balaban J connectivity index is 3.09. The molecule has 0 heterocycles. The van der Waals surface area contributed by atoms with E-state index in [0.717, 1.165) is 18.7 Å². The molecule has 0 radical (unpaired) electrons. The Kier molecular flexibility index (Phi) is 13.2. The Hall–Kier alpha value is -0.410. The minimum atomic E-state index is 0.815. The molecule has 1 heteroatoms. The van der Waals surface area contributed by atoms with Gasteiger partial charge in [-0.15, -0.1) is 11.6 Å². The van der Waals surface area contributed by atoms with E-state index in [4.69, 9.17) is 11.6 Å². The van der Waals surface area contributed by atoms with Crippen LogP contribution in [0.5, 0.6) is 0 Å². The highest BCUT2D eigenvalue weighted by Crippen LogP contribution is 2.07. The monoisotopic (exact) mass is 226 g/mol. The normalized spacial score (nSPS) is 10.3. The fraction of sp³-hybridized carbons (Fsp3) is 0.714. The van der Waals surface area contributed by atoms with Gasteiger partial charge in [-0.3, -0.25) is 0 Å². The summed E-state index contributed by atoms with van der Waals surface area (Å²) < 4.78 is 0. The molecule has 0 rings (SSSR count). The van der Waals surface area contributed by atoms with Crippen molar-refractivity contribution >= 4 is 11.6 Å². The van der Waals surface area contributed by atoms with Gasteiger partial charge in [-0.2, -0.15) is 0 Å². The van der Waals surface area contributed by atoms with Crippen LogP contribution in [0, 0.1) is 11.8 Å². The highest BCUT2D eigenvalue weighted by molar-refractivity contribution is 6.17. The van der Waals surface area contributed by atoms with Crippen LogP contribution in [-0.4, -0.2) is 5.88 Å². The minimum Gasteiger partial charge on any atom is -0.127 e. The van der Waals surface area contributed by atoms with Gasteiger partial charge in [-0.1, -0.05) is 50.5 Å². The zero-order valence-corrected chi connectivity index (χ0v) is 10.7. The smallest absolute Gasteiger partial charge is 0.0223 e. The average Bonchev–Trinajstić information content (AvgIpc) is 2.26. The molecule has 0 fully saturated rings. The summed E-state index contributed by atoms with van der Waals surface area (Å²) in [7, 11) is 0. The average molecular weight is 227 g/mol. The maximum absolute atomic E-state index is 5.60. The standard InChI is InChI=1S/C14H23Cl/c1-2-3-4-5-6-7-8-9-10-11-12-13-14-15/h3-4H,2,7-14H2,1H3. The summed E-state index contributed by atoms with van der Waals surface area (Å²) in [5, 5.41) is 0. The van der Waals surface area contributed by atoms with Crippen LogP contribution >= 0.6 is 11.6 Å². The van der Waals surface area contributed by atoms with Gasteiger partial charge in [0.2, 0.25) is 0 Å². The van der Waals surface area contributed by atoms with Crippen LogP contribution in [0.4, 0.5) is 0 Å². The number of allylic oxidation sites excluding steroid dienone is 2. The summed E-state index contributed by atoms with van der Waals surface area (Å²) >= 11 is 5.60. The van der Waals surface area contributed by atoms with Gasteiger partial charge in [0.15, 0.2) is 0 Å². The zero-order valence-electron chi connectivity index (χ0n) is 9.90. The summed E-state index contributed by atoms with van der Waals surface area (Å²) in [5.41, 5.74) is 0. The van der Waals surface area contributed by atoms with Crippen molar-refractivity contribution < 1.29 is 0 Å². The van der Waals surface area contributed by atoms with Gasteiger partial charge >= 0.3 is 0 Å². The highest BCUT2D eigenvalue weighted by atomic mass is 35.5. The summed E-state index contributed by atoms with van der Waals surface area (Å²) in [6, 6.07) is 0. The second kappa shape index (κ2) is 13.6. The van der Waals surface area contributed by atoms with Crippen molar-refractivity contribution in [2.45, 2.75) is 58.3 Å². The molecule has 0 spiro atoms. The molecule has 0 bridgehead atoms. The maximum Gasteiger partial charge on any atom is 0.0223 e. The molecule has 0 aromatic carbocycles. The van der Waals surface area contributed by atoms with Gasteiger partial charge in [-0.25, -0.2) is 0 Å². The van der Waals surface area contributed by atoms with E-state index in [0.29, 0.717) is 0 Å². The van der Waals surface area contributed by atoms with Crippen LogP contribution in [0.1, 0.15) is 58.3 Å². The zero-order chi connectivity index (χ0) is 11.2. The first-order chi connectivity index (χ1) is 7.41. The van der Waals surface area contributed by atoms with Crippen molar-refractivity contribution in [3.8, 4) is 11.8 Å². The third-order valence-corrected chi connectivity index (χ3v) is 2.49. The van der Waals surface area contributed by atoms with E-state index in [2.05, 4.69) is 24.8 Å². The summed E-state index contributed by atoms with van der Waals surface area (Å²) in [4.78, 5) is 0. The Morgan fingerprint density at radius 3 is 2.33 bits per heavy atom. The van der Waals surface area contributed by atoms with Crippen molar-refractivity contribution in [2.24, 2.45) is 0 Å². The van der Waals surface area contributed by atoms with Crippen LogP contribution in [0.15, 0.2) is 12.2 Å². The molecule has 15 heavy (non-hydrogen) atoms.